The van der Waals surface area contributed by atoms with E-state index in [-0.39, 0.29) is 28.5 Å². The lowest BCUT2D eigenvalue weighted by Gasteiger charge is -2.34. The summed E-state index contributed by atoms with van der Waals surface area (Å²) in [6, 6.07) is 5.46. The van der Waals surface area contributed by atoms with E-state index >= 15 is 0 Å². The Morgan fingerprint density at radius 2 is 1.74 bits per heavy atom. The molecule has 1 N–H and O–H groups in total. The molecule has 150 valence electrons. The molecule has 1 saturated heterocycles. The van der Waals surface area contributed by atoms with Crippen molar-refractivity contribution in [3.8, 4) is 0 Å². The van der Waals surface area contributed by atoms with Crippen LogP contribution in [0.15, 0.2) is 29.2 Å². The lowest BCUT2D eigenvalue weighted by Crippen LogP contribution is -2.51. The third-order valence-corrected chi connectivity index (χ3v) is 4.95. The fraction of sp³-hybridized carbons (Fsp3) is 0.556. The summed E-state index contributed by atoms with van der Waals surface area (Å²) in [7, 11) is 0. The fourth-order valence-electron chi connectivity index (χ4n) is 2.75. The highest BCUT2D eigenvalue weighted by Gasteiger charge is 2.29. The minimum Gasteiger partial charge on any atom is -0.355 e. The Morgan fingerprint density at radius 1 is 1.11 bits per heavy atom. The van der Waals surface area contributed by atoms with Gasteiger partial charge in [0.2, 0.25) is 5.91 Å². The molecule has 1 fully saturated rings. The number of hydrogen-bond donors (Lipinski definition) is 1. The highest BCUT2D eigenvalue weighted by atomic mass is 32.2. The Kier molecular flexibility index (Phi) is 7.97. The molecule has 1 aromatic carbocycles. The molecule has 1 aliphatic heterocycles. The molecule has 2 amide bonds. The first-order chi connectivity index (χ1) is 12.8. The van der Waals surface area contributed by atoms with E-state index in [4.69, 9.17) is 0 Å². The Balaban J connectivity index is 1.80. The van der Waals surface area contributed by atoms with Gasteiger partial charge >= 0.3 is 5.51 Å². The van der Waals surface area contributed by atoms with Crippen molar-refractivity contribution in [3.05, 3.63) is 29.8 Å². The monoisotopic (exact) mass is 403 g/mol. The Bertz CT molecular complexity index is 630. The summed E-state index contributed by atoms with van der Waals surface area (Å²) in [6.07, 6.45) is 1.98. The highest BCUT2D eigenvalue weighted by Crippen LogP contribution is 2.36. The molecule has 5 nitrogen and oxygen atoms in total. The SMILES string of the molecule is CCCCNC(=O)CN1CCN(C(=O)c2ccc(SC(F)(F)F)cc2)CC1. The topological polar surface area (TPSA) is 52.7 Å². The van der Waals surface area contributed by atoms with E-state index in [0.29, 0.717) is 44.8 Å². The van der Waals surface area contributed by atoms with Crippen LogP contribution in [0.5, 0.6) is 0 Å². The molecule has 9 heteroatoms. The molecule has 2 rings (SSSR count). The molecule has 0 radical (unpaired) electrons. The zero-order chi connectivity index (χ0) is 19.9. The van der Waals surface area contributed by atoms with Gasteiger partial charge in [0.15, 0.2) is 0 Å². The van der Waals surface area contributed by atoms with Crippen LogP contribution in [0.3, 0.4) is 0 Å². The maximum absolute atomic E-state index is 12.5. The van der Waals surface area contributed by atoms with E-state index in [1.807, 2.05) is 4.90 Å². The first kappa shape index (κ1) is 21.6. The van der Waals surface area contributed by atoms with E-state index in [9.17, 15) is 22.8 Å². The number of hydrogen-bond acceptors (Lipinski definition) is 4. The van der Waals surface area contributed by atoms with Crippen molar-refractivity contribution in [1.82, 2.24) is 15.1 Å². The van der Waals surface area contributed by atoms with Gasteiger partial charge in [-0.1, -0.05) is 13.3 Å². The van der Waals surface area contributed by atoms with Crippen LogP contribution in [0.4, 0.5) is 13.2 Å². The first-order valence-electron chi connectivity index (χ1n) is 8.92. The average molecular weight is 403 g/mol. The van der Waals surface area contributed by atoms with Gasteiger partial charge in [0.1, 0.15) is 0 Å². The molecule has 0 saturated carbocycles. The van der Waals surface area contributed by atoms with Crippen molar-refractivity contribution in [2.75, 3.05) is 39.3 Å². The van der Waals surface area contributed by atoms with Gasteiger partial charge in [-0.3, -0.25) is 14.5 Å². The first-order valence-corrected chi connectivity index (χ1v) is 9.74. The number of nitrogens with zero attached hydrogens (tertiary/aromatic N) is 2. The molecule has 0 aromatic heterocycles. The zero-order valence-corrected chi connectivity index (χ0v) is 16.0. The number of carbonyl (C=O) groups excluding carboxylic acids is 2. The van der Waals surface area contributed by atoms with Gasteiger partial charge in [0, 0.05) is 43.2 Å². The molecule has 1 aromatic rings. The van der Waals surface area contributed by atoms with Crippen molar-refractivity contribution >= 4 is 23.6 Å². The van der Waals surface area contributed by atoms with Gasteiger partial charge in [-0.25, -0.2) is 0 Å². The molecular weight excluding hydrogens is 379 g/mol. The number of benzene rings is 1. The second-order valence-electron chi connectivity index (χ2n) is 6.34. The minimum absolute atomic E-state index is 0.0130. The quantitative estimate of drug-likeness (QED) is 0.562. The Hall–Kier alpha value is -1.74. The normalized spacial score (nSPS) is 15.6. The second kappa shape index (κ2) is 9.98. The van der Waals surface area contributed by atoms with Crippen LogP contribution in [0, 0.1) is 0 Å². The number of nitrogens with one attached hydrogen (secondary N) is 1. The van der Waals surface area contributed by atoms with E-state index in [1.54, 1.807) is 4.90 Å². The summed E-state index contributed by atoms with van der Waals surface area (Å²) in [5.74, 6) is -0.216. The van der Waals surface area contributed by atoms with E-state index in [0.717, 1.165) is 12.8 Å². The Morgan fingerprint density at radius 3 is 2.30 bits per heavy atom. The average Bonchev–Trinajstić information content (AvgIpc) is 2.61. The van der Waals surface area contributed by atoms with Crippen LogP contribution < -0.4 is 5.32 Å². The van der Waals surface area contributed by atoms with Crippen molar-refractivity contribution in [2.24, 2.45) is 0 Å². The van der Waals surface area contributed by atoms with Gasteiger partial charge in [0.05, 0.1) is 6.54 Å². The summed E-state index contributed by atoms with van der Waals surface area (Å²) in [5, 5.41) is 2.87. The number of piperazine rings is 1. The lowest BCUT2D eigenvalue weighted by atomic mass is 10.2. The molecule has 1 aliphatic rings. The maximum atomic E-state index is 12.5. The Labute approximate surface area is 161 Å². The van der Waals surface area contributed by atoms with Crippen LogP contribution in [-0.4, -0.2) is 66.4 Å². The van der Waals surface area contributed by atoms with Gasteiger partial charge in [-0.05, 0) is 42.4 Å². The fourth-order valence-corrected chi connectivity index (χ4v) is 3.29. The molecule has 0 unspecified atom stereocenters. The maximum Gasteiger partial charge on any atom is 0.446 e. The number of rotatable bonds is 7. The number of halogens is 3. The van der Waals surface area contributed by atoms with Crippen LogP contribution >= 0.6 is 11.8 Å². The van der Waals surface area contributed by atoms with Gasteiger partial charge in [-0.15, -0.1) is 0 Å². The number of alkyl halides is 3. The summed E-state index contributed by atoms with van der Waals surface area (Å²) in [6.45, 7) is 5.21. The largest absolute Gasteiger partial charge is 0.446 e. The summed E-state index contributed by atoms with van der Waals surface area (Å²) >= 11 is -0.200. The lowest BCUT2D eigenvalue weighted by molar-refractivity contribution is -0.122. The van der Waals surface area contributed by atoms with Crippen LogP contribution in [0.2, 0.25) is 0 Å². The van der Waals surface area contributed by atoms with Crippen LogP contribution in [0.1, 0.15) is 30.1 Å². The van der Waals surface area contributed by atoms with Crippen molar-refractivity contribution < 1.29 is 22.8 Å². The van der Waals surface area contributed by atoms with E-state index in [1.165, 1.54) is 24.3 Å². The number of amides is 2. The summed E-state index contributed by atoms with van der Waals surface area (Å²) < 4.78 is 37.1. The molecule has 1 heterocycles. The molecule has 27 heavy (non-hydrogen) atoms. The van der Waals surface area contributed by atoms with E-state index < -0.39 is 5.51 Å². The third kappa shape index (κ3) is 7.42. The third-order valence-electron chi connectivity index (χ3n) is 4.21. The highest BCUT2D eigenvalue weighted by molar-refractivity contribution is 8.00. The van der Waals surface area contributed by atoms with Gasteiger partial charge < -0.3 is 10.2 Å². The number of thioether (sulfide) groups is 1. The molecular formula is C18H24F3N3O2S. The van der Waals surface area contributed by atoms with Crippen molar-refractivity contribution in [3.63, 3.8) is 0 Å². The van der Waals surface area contributed by atoms with Crippen molar-refractivity contribution in [2.45, 2.75) is 30.2 Å². The number of carbonyl (C=O) groups is 2. The van der Waals surface area contributed by atoms with E-state index in [2.05, 4.69) is 12.2 Å². The summed E-state index contributed by atoms with van der Waals surface area (Å²) in [4.78, 5) is 28.0. The predicted molar refractivity (Wildman–Crippen MR) is 98.6 cm³/mol. The standard InChI is InChI=1S/C18H24F3N3O2S/c1-2-3-8-22-16(25)13-23-9-11-24(12-10-23)17(26)14-4-6-15(7-5-14)27-18(19,20)21/h4-7H,2-3,8-13H2,1H3,(H,22,25). The predicted octanol–water partition coefficient (Wildman–Crippen LogP) is 2.97. The van der Waals surface area contributed by atoms with Crippen molar-refractivity contribution in [1.29, 1.82) is 0 Å². The smallest absolute Gasteiger partial charge is 0.355 e. The van der Waals surface area contributed by atoms with Crippen LogP contribution in [0.25, 0.3) is 0 Å². The second-order valence-corrected chi connectivity index (χ2v) is 7.48. The molecule has 0 atom stereocenters. The molecule has 0 aliphatic carbocycles. The van der Waals surface area contributed by atoms with Gasteiger partial charge in [-0.2, -0.15) is 13.2 Å². The number of unbranched alkanes of at least 4 members (excludes halogenated alkanes) is 1. The zero-order valence-electron chi connectivity index (χ0n) is 15.2. The minimum atomic E-state index is -4.34. The van der Waals surface area contributed by atoms with Crippen LogP contribution in [-0.2, 0) is 4.79 Å². The summed E-state index contributed by atoms with van der Waals surface area (Å²) in [5.41, 5.74) is -3.97. The van der Waals surface area contributed by atoms with Gasteiger partial charge in [0.25, 0.3) is 5.91 Å². The molecule has 0 spiro atoms. The molecule has 0 bridgehead atoms.